The molecular formula is C19H19F3N4O5. The van der Waals surface area contributed by atoms with E-state index in [0.717, 1.165) is 12.1 Å². The second-order valence-corrected chi connectivity index (χ2v) is 7.03. The van der Waals surface area contributed by atoms with Crippen LogP contribution in [0.4, 0.5) is 18.9 Å². The third-order valence-electron chi connectivity index (χ3n) is 5.17. The number of pyridine rings is 1. The van der Waals surface area contributed by atoms with Crippen LogP contribution in [0.15, 0.2) is 35.2 Å². The average molecular weight is 440 g/mol. The second kappa shape index (κ2) is 8.74. The number of carbonyl (C=O) groups is 3. The number of likely N-dealkylation sites (tertiary alicyclic amines) is 1. The molecule has 0 saturated carbocycles. The van der Waals surface area contributed by atoms with E-state index in [-0.39, 0.29) is 23.9 Å². The number of alkyl halides is 3. The fourth-order valence-electron chi connectivity index (χ4n) is 3.81. The summed E-state index contributed by atoms with van der Waals surface area (Å²) in [4.78, 5) is 42.0. The molecule has 0 radical (unpaired) electrons. The molecule has 0 unspecified atom stereocenters. The van der Waals surface area contributed by atoms with E-state index in [1.807, 2.05) is 21.9 Å². The quantitative estimate of drug-likeness (QED) is 0.762. The number of rotatable bonds is 2. The lowest BCUT2D eigenvalue weighted by Crippen LogP contribution is -2.53. The van der Waals surface area contributed by atoms with Crippen molar-refractivity contribution >= 4 is 23.5 Å². The highest BCUT2D eigenvalue weighted by molar-refractivity contribution is 5.98. The minimum atomic E-state index is -5.08. The highest BCUT2D eigenvalue weighted by Gasteiger charge is 2.46. The van der Waals surface area contributed by atoms with Gasteiger partial charge in [-0.25, -0.2) is 4.79 Å². The number of aliphatic carboxylic acids is 1. The number of hydrogen-bond acceptors (Lipinski definition) is 6. The van der Waals surface area contributed by atoms with Crippen molar-refractivity contribution in [2.75, 3.05) is 11.4 Å². The molecule has 0 aromatic carbocycles. The van der Waals surface area contributed by atoms with E-state index in [0.29, 0.717) is 30.7 Å². The Labute approximate surface area is 174 Å². The molecule has 1 N–H and O–H groups in total. The first kappa shape index (κ1) is 22.2. The van der Waals surface area contributed by atoms with Gasteiger partial charge in [-0.15, -0.1) is 0 Å². The maximum absolute atomic E-state index is 12.8. The first-order chi connectivity index (χ1) is 14.6. The van der Waals surface area contributed by atoms with Crippen LogP contribution in [0.5, 0.6) is 0 Å². The zero-order chi connectivity index (χ0) is 22.8. The van der Waals surface area contributed by atoms with Gasteiger partial charge in [-0.1, -0.05) is 5.16 Å². The summed E-state index contributed by atoms with van der Waals surface area (Å²) in [6.07, 6.45) is 1.67. The van der Waals surface area contributed by atoms with E-state index < -0.39 is 12.1 Å². The third kappa shape index (κ3) is 4.67. The molecule has 2 fully saturated rings. The normalized spacial score (nSPS) is 20.7. The van der Waals surface area contributed by atoms with Crippen molar-refractivity contribution in [2.45, 2.75) is 44.4 Å². The Morgan fingerprint density at radius 1 is 1.23 bits per heavy atom. The summed E-state index contributed by atoms with van der Waals surface area (Å²) in [7, 11) is 0. The summed E-state index contributed by atoms with van der Waals surface area (Å²) < 4.78 is 36.8. The predicted octanol–water partition coefficient (Wildman–Crippen LogP) is 2.42. The first-order valence-corrected chi connectivity index (χ1v) is 9.35. The van der Waals surface area contributed by atoms with Crippen molar-refractivity contribution in [3.63, 3.8) is 0 Å². The van der Waals surface area contributed by atoms with Gasteiger partial charge in [-0.05, 0) is 31.9 Å². The lowest BCUT2D eigenvalue weighted by atomic mass is 9.95. The molecule has 2 aliphatic rings. The fraction of sp³-hybridized carbons (Fsp3) is 0.421. The molecule has 2 saturated heterocycles. The molecule has 0 spiro atoms. The molecular weight excluding hydrogens is 421 g/mol. The van der Waals surface area contributed by atoms with E-state index >= 15 is 0 Å². The number of anilines is 1. The van der Waals surface area contributed by atoms with Gasteiger partial charge >= 0.3 is 12.1 Å². The van der Waals surface area contributed by atoms with Gasteiger partial charge in [-0.2, -0.15) is 13.2 Å². The smallest absolute Gasteiger partial charge is 0.475 e. The lowest BCUT2D eigenvalue weighted by Gasteiger charge is -2.39. The van der Waals surface area contributed by atoms with Crippen LogP contribution < -0.4 is 4.90 Å². The molecule has 4 rings (SSSR count). The number of halogens is 3. The first-order valence-electron chi connectivity index (χ1n) is 9.35. The summed E-state index contributed by atoms with van der Waals surface area (Å²) in [5.41, 5.74) is 1.30. The van der Waals surface area contributed by atoms with E-state index in [1.54, 1.807) is 19.3 Å². The number of aromatic nitrogens is 2. The SMILES string of the molecule is Cc1oncc1C(=O)N1CC[C@H]2[C@@H]1CCC(=O)N2c1cccnc1.O=C(O)C(F)(F)F. The second-order valence-electron chi connectivity index (χ2n) is 7.03. The van der Waals surface area contributed by atoms with Gasteiger partial charge in [0, 0.05) is 19.2 Å². The van der Waals surface area contributed by atoms with Crippen LogP contribution in [0.1, 0.15) is 35.4 Å². The molecule has 12 heteroatoms. The van der Waals surface area contributed by atoms with Gasteiger partial charge < -0.3 is 19.4 Å². The maximum atomic E-state index is 12.8. The number of carbonyl (C=O) groups excluding carboxylic acids is 2. The molecule has 2 atom stereocenters. The molecule has 9 nitrogen and oxygen atoms in total. The van der Waals surface area contributed by atoms with Gasteiger partial charge in [0.2, 0.25) is 5.91 Å². The fourth-order valence-corrected chi connectivity index (χ4v) is 3.81. The topological polar surface area (TPSA) is 117 Å². The molecule has 2 aromatic heterocycles. The van der Waals surface area contributed by atoms with Crippen molar-refractivity contribution in [1.82, 2.24) is 15.0 Å². The van der Waals surface area contributed by atoms with Gasteiger partial charge in [-0.3, -0.25) is 14.6 Å². The van der Waals surface area contributed by atoms with Crippen molar-refractivity contribution in [3.8, 4) is 0 Å². The summed E-state index contributed by atoms with van der Waals surface area (Å²) >= 11 is 0. The summed E-state index contributed by atoms with van der Waals surface area (Å²) in [6, 6.07) is 3.73. The average Bonchev–Trinajstić information content (AvgIpc) is 3.34. The zero-order valence-corrected chi connectivity index (χ0v) is 16.4. The Morgan fingerprint density at radius 3 is 2.48 bits per heavy atom. The number of hydrogen-bond donors (Lipinski definition) is 1. The number of carboxylic acids is 1. The maximum Gasteiger partial charge on any atom is 0.490 e. The number of carboxylic acid groups (broad SMARTS) is 1. The number of amides is 2. The number of nitrogens with zero attached hydrogens (tertiary/aromatic N) is 4. The molecule has 166 valence electrons. The van der Waals surface area contributed by atoms with Crippen LogP contribution in [-0.2, 0) is 9.59 Å². The van der Waals surface area contributed by atoms with Gasteiger partial charge in [0.1, 0.15) is 11.3 Å². The Kier molecular flexibility index (Phi) is 6.27. The molecule has 31 heavy (non-hydrogen) atoms. The standard InChI is InChI=1S/C17H18N4O3.C2HF3O2/c1-11-13(10-19-24-11)17(23)20-8-6-15-14(20)4-5-16(22)21(15)12-3-2-7-18-9-12;3-2(4,5)1(6)7/h2-3,7,9-10,14-15H,4-6,8H2,1H3;(H,6,7)/t14-,15-;/m0./s1. The predicted molar refractivity (Wildman–Crippen MR) is 99.1 cm³/mol. The van der Waals surface area contributed by atoms with Crippen molar-refractivity contribution in [2.24, 2.45) is 0 Å². The molecule has 0 aliphatic carbocycles. The number of piperidine rings is 1. The molecule has 2 amide bonds. The van der Waals surface area contributed by atoms with Crippen molar-refractivity contribution < 1.29 is 37.2 Å². The van der Waals surface area contributed by atoms with E-state index in [1.165, 1.54) is 6.20 Å². The van der Waals surface area contributed by atoms with Crippen LogP contribution in [0.25, 0.3) is 0 Å². The Hall–Kier alpha value is -3.44. The van der Waals surface area contributed by atoms with E-state index in [9.17, 15) is 22.8 Å². The lowest BCUT2D eigenvalue weighted by molar-refractivity contribution is -0.192. The van der Waals surface area contributed by atoms with Gasteiger partial charge in [0.25, 0.3) is 5.91 Å². The molecule has 2 aromatic rings. The number of aryl methyl sites for hydroxylation is 1. The monoisotopic (exact) mass is 440 g/mol. The zero-order valence-electron chi connectivity index (χ0n) is 16.4. The van der Waals surface area contributed by atoms with Crippen LogP contribution in [0.2, 0.25) is 0 Å². The van der Waals surface area contributed by atoms with E-state index in [2.05, 4.69) is 10.1 Å². The highest BCUT2D eigenvalue weighted by Crippen LogP contribution is 2.35. The Morgan fingerprint density at radius 2 is 1.94 bits per heavy atom. The minimum Gasteiger partial charge on any atom is -0.475 e. The number of fused-ring (bicyclic) bond motifs is 1. The van der Waals surface area contributed by atoms with Gasteiger partial charge in [0.05, 0.1) is 30.2 Å². The van der Waals surface area contributed by atoms with Crippen LogP contribution >= 0.6 is 0 Å². The summed E-state index contributed by atoms with van der Waals surface area (Å²) in [5.74, 6) is -2.20. The van der Waals surface area contributed by atoms with Crippen molar-refractivity contribution in [3.05, 3.63) is 42.0 Å². The molecule has 4 heterocycles. The van der Waals surface area contributed by atoms with Crippen LogP contribution in [0.3, 0.4) is 0 Å². The van der Waals surface area contributed by atoms with Crippen molar-refractivity contribution in [1.29, 1.82) is 0 Å². The van der Waals surface area contributed by atoms with Crippen LogP contribution in [-0.4, -0.2) is 62.7 Å². The molecule has 0 bridgehead atoms. The highest BCUT2D eigenvalue weighted by atomic mass is 19.4. The van der Waals surface area contributed by atoms with Gasteiger partial charge in [0.15, 0.2) is 0 Å². The third-order valence-corrected chi connectivity index (χ3v) is 5.17. The van der Waals surface area contributed by atoms with E-state index in [4.69, 9.17) is 14.4 Å². The minimum absolute atomic E-state index is 0.000402. The van der Waals surface area contributed by atoms with Crippen LogP contribution in [0, 0.1) is 6.92 Å². The molecule has 2 aliphatic heterocycles. The Balaban J connectivity index is 0.000000339. The largest absolute Gasteiger partial charge is 0.490 e. The summed E-state index contributed by atoms with van der Waals surface area (Å²) in [6.45, 7) is 2.36. The Bertz CT molecular complexity index is 963. The summed E-state index contributed by atoms with van der Waals surface area (Å²) in [5, 5.41) is 10.8.